The molecule has 0 saturated carbocycles. The van der Waals surface area contributed by atoms with Crippen molar-refractivity contribution in [3.63, 3.8) is 0 Å². The Morgan fingerprint density at radius 2 is 2.00 bits per heavy atom. The van der Waals surface area contributed by atoms with Crippen LogP contribution in [0.25, 0.3) is 0 Å². The molecule has 0 unspecified atom stereocenters. The number of rotatable bonds is 4. The molecule has 0 fully saturated rings. The van der Waals surface area contributed by atoms with Gasteiger partial charge in [0, 0.05) is 7.05 Å². The molecule has 1 heterocycles. The van der Waals surface area contributed by atoms with E-state index in [0.29, 0.717) is 24.6 Å². The maximum Gasteiger partial charge on any atom is 0.337 e. The molecule has 0 aliphatic carbocycles. The number of aromatic carboxylic acids is 1. The van der Waals surface area contributed by atoms with E-state index in [1.54, 1.807) is 12.1 Å². The smallest absolute Gasteiger partial charge is 0.337 e. The summed E-state index contributed by atoms with van der Waals surface area (Å²) in [5.41, 5.74) is 0.586. The number of nitrogens with zero attached hydrogens (tertiary/aromatic N) is 1. The van der Waals surface area contributed by atoms with Crippen LogP contribution in [0.5, 0.6) is 5.75 Å². The maximum atomic E-state index is 12.6. The van der Waals surface area contributed by atoms with Crippen LogP contribution in [0.2, 0.25) is 0 Å². The van der Waals surface area contributed by atoms with Gasteiger partial charge in [-0.3, -0.25) is 4.72 Å². The molecule has 2 aromatic rings. The lowest BCUT2D eigenvalue weighted by Gasteiger charge is -2.28. The van der Waals surface area contributed by atoms with E-state index in [1.807, 2.05) is 11.9 Å². The van der Waals surface area contributed by atoms with Gasteiger partial charge >= 0.3 is 5.97 Å². The van der Waals surface area contributed by atoms with Crippen LogP contribution < -0.4 is 14.4 Å². The molecule has 126 valence electrons. The van der Waals surface area contributed by atoms with Gasteiger partial charge in [-0.2, -0.15) is 0 Å². The third kappa shape index (κ3) is 3.00. The van der Waals surface area contributed by atoms with Crippen LogP contribution >= 0.6 is 0 Å². The minimum absolute atomic E-state index is 0.0207. The fraction of sp³-hybridized carbons (Fsp3) is 0.188. The average molecular weight is 348 g/mol. The molecule has 2 N–H and O–H groups in total. The molecule has 0 spiro atoms. The van der Waals surface area contributed by atoms with E-state index in [9.17, 15) is 13.2 Å². The monoisotopic (exact) mass is 348 g/mol. The number of hydrogen-bond acceptors (Lipinski definition) is 5. The Hall–Kier alpha value is -2.74. The number of carbonyl (C=O) groups is 1. The first-order chi connectivity index (χ1) is 11.4. The molecule has 7 nitrogen and oxygen atoms in total. The van der Waals surface area contributed by atoms with Gasteiger partial charge in [0.2, 0.25) is 0 Å². The Morgan fingerprint density at radius 1 is 1.25 bits per heavy atom. The van der Waals surface area contributed by atoms with E-state index < -0.39 is 16.0 Å². The highest BCUT2D eigenvalue weighted by Crippen LogP contribution is 2.33. The average Bonchev–Trinajstić information content (AvgIpc) is 2.55. The highest BCUT2D eigenvalue weighted by atomic mass is 32.2. The molecule has 0 aromatic heterocycles. The number of anilines is 2. The second-order valence-electron chi connectivity index (χ2n) is 5.36. The number of benzene rings is 2. The number of likely N-dealkylation sites (N-methyl/N-ethyl adjacent to an activating group) is 1. The number of fused-ring (bicyclic) bond motifs is 1. The number of carboxylic acids is 1. The first kappa shape index (κ1) is 16.1. The summed E-state index contributed by atoms with van der Waals surface area (Å²) in [5, 5.41) is 9.17. The van der Waals surface area contributed by atoms with Crippen molar-refractivity contribution in [2.45, 2.75) is 4.90 Å². The predicted octanol–water partition coefficient (Wildman–Crippen LogP) is 2.01. The van der Waals surface area contributed by atoms with Crippen LogP contribution in [0.3, 0.4) is 0 Å². The summed E-state index contributed by atoms with van der Waals surface area (Å²) >= 11 is 0. The minimum Gasteiger partial charge on any atom is -0.490 e. The molecular weight excluding hydrogens is 332 g/mol. The van der Waals surface area contributed by atoms with E-state index in [2.05, 4.69) is 4.72 Å². The molecule has 24 heavy (non-hydrogen) atoms. The quantitative estimate of drug-likeness (QED) is 0.877. The van der Waals surface area contributed by atoms with Gasteiger partial charge in [-0.25, -0.2) is 13.2 Å². The van der Waals surface area contributed by atoms with Crippen LogP contribution in [-0.4, -0.2) is 39.7 Å². The van der Waals surface area contributed by atoms with E-state index in [1.165, 1.54) is 30.3 Å². The molecular formula is C16H16N2O5S. The van der Waals surface area contributed by atoms with Crippen molar-refractivity contribution in [2.24, 2.45) is 0 Å². The standard InChI is InChI=1S/C16H16N2O5S/c1-18-8-9-23-15-7-6-11(10-14(15)18)24(21,22)17-13-5-3-2-4-12(13)16(19)20/h2-7,10,17H,8-9H2,1H3,(H,19,20). The molecule has 2 aromatic carbocycles. The molecule has 0 radical (unpaired) electrons. The SMILES string of the molecule is CN1CCOc2ccc(S(=O)(=O)Nc3ccccc3C(=O)O)cc21. The lowest BCUT2D eigenvalue weighted by molar-refractivity contribution is 0.0698. The van der Waals surface area contributed by atoms with Gasteiger partial charge in [0.25, 0.3) is 10.0 Å². The summed E-state index contributed by atoms with van der Waals surface area (Å²) in [6, 6.07) is 10.4. The second kappa shape index (κ2) is 6.04. The molecule has 0 atom stereocenters. The van der Waals surface area contributed by atoms with Crippen molar-refractivity contribution in [1.82, 2.24) is 0 Å². The van der Waals surface area contributed by atoms with E-state index in [-0.39, 0.29) is 16.1 Å². The summed E-state index contributed by atoms with van der Waals surface area (Å²) in [5.74, 6) is -0.583. The van der Waals surface area contributed by atoms with E-state index in [4.69, 9.17) is 9.84 Å². The maximum absolute atomic E-state index is 12.6. The summed E-state index contributed by atoms with van der Waals surface area (Å²) in [6.45, 7) is 1.20. The van der Waals surface area contributed by atoms with Gasteiger partial charge in [-0.1, -0.05) is 12.1 Å². The highest BCUT2D eigenvalue weighted by Gasteiger charge is 2.22. The Morgan fingerprint density at radius 3 is 2.75 bits per heavy atom. The van der Waals surface area contributed by atoms with Gasteiger partial charge in [0.1, 0.15) is 12.4 Å². The Balaban J connectivity index is 1.97. The molecule has 0 bridgehead atoms. The third-order valence-electron chi connectivity index (χ3n) is 3.74. The molecule has 0 amide bonds. The molecule has 0 saturated heterocycles. The summed E-state index contributed by atoms with van der Waals surface area (Å²) in [6.07, 6.45) is 0. The topological polar surface area (TPSA) is 95.9 Å². The summed E-state index contributed by atoms with van der Waals surface area (Å²) in [4.78, 5) is 13.2. The largest absolute Gasteiger partial charge is 0.490 e. The molecule has 3 rings (SSSR count). The van der Waals surface area contributed by atoms with Crippen molar-refractivity contribution < 1.29 is 23.1 Å². The molecule has 8 heteroatoms. The highest BCUT2D eigenvalue weighted by molar-refractivity contribution is 7.92. The number of ether oxygens (including phenoxy) is 1. The Labute approximate surface area is 139 Å². The summed E-state index contributed by atoms with van der Waals surface area (Å²) < 4.78 is 33.0. The first-order valence-electron chi connectivity index (χ1n) is 7.21. The second-order valence-corrected chi connectivity index (χ2v) is 7.04. The van der Waals surface area contributed by atoms with Crippen molar-refractivity contribution in [3.05, 3.63) is 48.0 Å². The predicted molar refractivity (Wildman–Crippen MR) is 89.4 cm³/mol. The fourth-order valence-corrected chi connectivity index (χ4v) is 3.56. The van der Waals surface area contributed by atoms with Crippen molar-refractivity contribution in [1.29, 1.82) is 0 Å². The van der Waals surface area contributed by atoms with Gasteiger partial charge in [-0.15, -0.1) is 0 Å². The van der Waals surface area contributed by atoms with Gasteiger partial charge in [0.15, 0.2) is 0 Å². The Bertz CT molecular complexity index is 895. The van der Waals surface area contributed by atoms with Crippen LogP contribution in [0.4, 0.5) is 11.4 Å². The Kier molecular flexibility index (Phi) is 4.06. The number of carboxylic acid groups (broad SMARTS) is 1. The van der Waals surface area contributed by atoms with Gasteiger partial charge in [-0.05, 0) is 30.3 Å². The minimum atomic E-state index is -3.92. The number of nitrogens with one attached hydrogen (secondary N) is 1. The van der Waals surface area contributed by atoms with Gasteiger partial charge in [0.05, 0.1) is 28.4 Å². The zero-order valence-electron chi connectivity index (χ0n) is 12.9. The first-order valence-corrected chi connectivity index (χ1v) is 8.70. The zero-order chi connectivity index (χ0) is 17.3. The van der Waals surface area contributed by atoms with Crippen LogP contribution in [0.1, 0.15) is 10.4 Å². The van der Waals surface area contributed by atoms with E-state index in [0.717, 1.165) is 0 Å². The van der Waals surface area contributed by atoms with Crippen molar-refractivity contribution >= 4 is 27.4 Å². The fourth-order valence-electron chi connectivity index (χ4n) is 2.46. The normalized spacial score (nSPS) is 13.8. The van der Waals surface area contributed by atoms with Crippen molar-refractivity contribution in [3.8, 4) is 5.75 Å². The van der Waals surface area contributed by atoms with Crippen molar-refractivity contribution in [2.75, 3.05) is 29.8 Å². The van der Waals surface area contributed by atoms with Crippen LogP contribution in [-0.2, 0) is 10.0 Å². The molecule has 1 aliphatic rings. The number of sulfonamides is 1. The summed E-state index contributed by atoms with van der Waals surface area (Å²) in [7, 11) is -2.07. The lowest BCUT2D eigenvalue weighted by atomic mass is 10.2. The number of hydrogen-bond donors (Lipinski definition) is 2. The zero-order valence-corrected chi connectivity index (χ0v) is 13.7. The van der Waals surface area contributed by atoms with E-state index >= 15 is 0 Å². The van der Waals surface area contributed by atoms with Crippen LogP contribution in [0, 0.1) is 0 Å². The molecule has 1 aliphatic heterocycles. The van der Waals surface area contributed by atoms with Gasteiger partial charge < -0.3 is 14.7 Å². The lowest BCUT2D eigenvalue weighted by Crippen LogP contribution is -2.29. The van der Waals surface area contributed by atoms with Crippen LogP contribution in [0.15, 0.2) is 47.4 Å². The third-order valence-corrected chi connectivity index (χ3v) is 5.10. The number of para-hydroxylation sites is 1.